The van der Waals surface area contributed by atoms with E-state index in [-0.39, 0.29) is 12.0 Å². The fraction of sp³-hybridized carbons (Fsp3) is 0.414. The number of carbonyl (C=O) groups excluding carboxylic acids is 1. The van der Waals surface area contributed by atoms with E-state index in [0.717, 1.165) is 33.8 Å². The zero-order valence-corrected chi connectivity index (χ0v) is 23.6. The van der Waals surface area contributed by atoms with Crippen molar-refractivity contribution >= 4 is 23.8 Å². The quantitative estimate of drug-likeness (QED) is 0.373. The molecule has 3 heterocycles. The number of aryl methyl sites for hydroxylation is 2. The lowest BCUT2D eigenvalue weighted by Gasteiger charge is -2.24. The van der Waals surface area contributed by atoms with Gasteiger partial charge in [-0.2, -0.15) is 4.98 Å². The molecule has 2 aromatic carbocycles. The average Bonchev–Trinajstić information content (AvgIpc) is 3.14. The second-order valence-electron chi connectivity index (χ2n) is 8.82. The number of hydrogen-bond donors (Lipinski definition) is 2. The van der Waals surface area contributed by atoms with Gasteiger partial charge in [0.05, 0.1) is 12.2 Å². The largest absolute Gasteiger partial charge is 0.471 e. The van der Waals surface area contributed by atoms with Crippen molar-refractivity contribution in [2.24, 2.45) is 0 Å². The smallest absolute Gasteiger partial charge is 0.254 e. The van der Waals surface area contributed by atoms with E-state index in [9.17, 15) is 4.79 Å². The van der Waals surface area contributed by atoms with Gasteiger partial charge in [-0.15, -0.1) is 0 Å². The Bertz CT molecular complexity index is 1170. The van der Waals surface area contributed by atoms with Gasteiger partial charge in [-0.25, -0.2) is 4.98 Å². The Hall–Kier alpha value is -3.10. The molecule has 0 radical (unpaired) electrons. The van der Waals surface area contributed by atoms with E-state index in [1.807, 2.05) is 55.1 Å². The number of rotatable bonds is 1. The summed E-state index contributed by atoms with van der Waals surface area (Å²) in [4.78, 5) is 25.3. The minimum atomic E-state index is -0.216. The Labute approximate surface area is 225 Å². The second kappa shape index (κ2) is 14.0. The molecule has 0 spiro atoms. The molecule has 1 amide bonds. The number of nitrogens with zero attached hydrogens (tertiary/aromatic N) is 3. The van der Waals surface area contributed by atoms with Crippen LogP contribution >= 0.6 is 11.9 Å². The number of amides is 1. The summed E-state index contributed by atoms with van der Waals surface area (Å²) in [5.74, 6) is 0.977. The summed E-state index contributed by atoms with van der Waals surface area (Å²) in [5, 5.41) is 3.38. The van der Waals surface area contributed by atoms with Gasteiger partial charge in [0.15, 0.2) is 0 Å². The van der Waals surface area contributed by atoms with Crippen LogP contribution in [0.25, 0.3) is 11.3 Å². The molecule has 1 fully saturated rings. The molecule has 2 N–H and O–H groups in total. The second-order valence-corrected chi connectivity index (χ2v) is 9.70. The molecule has 8 heteroatoms. The van der Waals surface area contributed by atoms with Crippen molar-refractivity contribution in [2.75, 3.05) is 30.9 Å². The van der Waals surface area contributed by atoms with Crippen LogP contribution < -0.4 is 14.8 Å². The number of carbonyl (C=O) groups is 1. The third-order valence-electron chi connectivity index (χ3n) is 5.71. The number of aromatic nitrogens is 2. The van der Waals surface area contributed by atoms with E-state index in [1.165, 1.54) is 18.4 Å². The van der Waals surface area contributed by atoms with Crippen LogP contribution in [0.1, 0.15) is 55.6 Å². The first-order valence-electron chi connectivity index (χ1n) is 13.1. The monoisotopic (exact) mass is 521 g/mol. The third-order valence-corrected chi connectivity index (χ3v) is 6.48. The van der Waals surface area contributed by atoms with Crippen molar-refractivity contribution in [3.63, 3.8) is 0 Å². The van der Waals surface area contributed by atoms with Crippen molar-refractivity contribution in [2.45, 2.75) is 59.0 Å². The van der Waals surface area contributed by atoms with Crippen LogP contribution in [0.3, 0.4) is 0 Å². The van der Waals surface area contributed by atoms with Crippen LogP contribution in [-0.2, 0) is 0 Å². The molecule has 37 heavy (non-hydrogen) atoms. The molecule has 0 saturated carbocycles. The first kappa shape index (κ1) is 28.5. The zero-order valence-electron chi connectivity index (χ0n) is 22.8. The maximum atomic E-state index is 13.2. The van der Waals surface area contributed by atoms with Gasteiger partial charge in [-0.3, -0.25) is 9.52 Å². The molecule has 7 nitrogen and oxygen atoms in total. The molecule has 6 bridgehead atoms. The minimum Gasteiger partial charge on any atom is -0.471 e. The SMILES string of the molecule is CC.CCC.Cc1cccc(C)c1-c1cc2nc(n1)NSc1cccc(c1)C(=O)N1CCNCC(C1)O2. The lowest BCUT2D eigenvalue weighted by Crippen LogP contribution is -2.40. The van der Waals surface area contributed by atoms with E-state index in [2.05, 4.69) is 54.9 Å². The first-order valence-corrected chi connectivity index (χ1v) is 13.9. The molecule has 198 valence electrons. The van der Waals surface area contributed by atoms with Crippen LogP contribution in [0, 0.1) is 13.8 Å². The van der Waals surface area contributed by atoms with Crippen LogP contribution in [0.15, 0.2) is 53.4 Å². The highest BCUT2D eigenvalue weighted by molar-refractivity contribution is 8.00. The predicted molar refractivity (Wildman–Crippen MR) is 153 cm³/mol. The van der Waals surface area contributed by atoms with E-state index in [1.54, 1.807) is 0 Å². The minimum absolute atomic E-state index is 0.0121. The summed E-state index contributed by atoms with van der Waals surface area (Å²) < 4.78 is 9.55. The molecule has 2 aliphatic rings. The number of anilines is 1. The summed E-state index contributed by atoms with van der Waals surface area (Å²) in [6.45, 7) is 14.9. The summed E-state index contributed by atoms with van der Waals surface area (Å²) in [6.07, 6.45) is 1.03. The molecule has 0 aliphatic carbocycles. The van der Waals surface area contributed by atoms with Crippen LogP contribution in [0.5, 0.6) is 5.88 Å². The van der Waals surface area contributed by atoms with Gasteiger partial charge in [-0.05, 0) is 55.1 Å². The number of hydrogen-bond acceptors (Lipinski definition) is 7. The number of ether oxygens (including phenoxy) is 1. The molecule has 1 aromatic heterocycles. The molecule has 1 atom stereocenters. The Balaban J connectivity index is 0.000000711. The van der Waals surface area contributed by atoms with Gasteiger partial charge in [0.25, 0.3) is 5.91 Å². The lowest BCUT2D eigenvalue weighted by atomic mass is 10.00. The van der Waals surface area contributed by atoms with E-state index >= 15 is 0 Å². The lowest BCUT2D eigenvalue weighted by molar-refractivity contribution is 0.0693. The van der Waals surface area contributed by atoms with Crippen LogP contribution in [0.4, 0.5) is 5.95 Å². The molecule has 5 rings (SSSR count). The standard InChI is InChI=1S/C24H25N5O2S.C3H8.C2H6/c1-15-5-3-6-16(2)22(15)20-12-21-27-24(26-20)28-32-19-8-4-7-17(11-19)23(30)29-10-9-25-13-18(14-29)31-21;1-3-2;1-2/h3-8,11-12,18,25H,9-10,13-14H2,1-2H3,(H,26,27,28);3H2,1-2H3;1-2H3. The Morgan fingerprint density at radius 2 is 1.76 bits per heavy atom. The number of fused-ring (bicyclic) bond motifs is 6. The maximum Gasteiger partial charge on any atom is 0.254 e. The van der Waals surface area contributed by atoms with Gasteiger partial charge < -0.3 is 15.0 Å². The molecular weight excluding hydrogens is 482 g/mol. The fourth-order valence-corrected chi connectivity index (χ4v) is 4.80. The maximum absolute atomic E-state index is 13.2. The number of benzene rings is 2. The van der Waals surface area contributed by atoms with Crippen molar-refractivity contribution < 1.29 is 9.53 Å². The van der Waals surface area contributed by atoms with Gasteiger partial charge >= 0.3 is 0 Å². The fourth-order valence-electron chi connectivity index (χ4n) is 4.17. The molecule has 1 unspecified atom stereocenters. The van der Waals surface area contributed by atoms with Crippen LogP contribution in [-0.4, -0.2) is 53.1 Å². The van der Waals surface area contributed by atoms with Crippen molar-refractivity contribution in [3.8, 4) is 17.1 Å². The summed E-state index contributed by atoms with van der Waals surface area (Å²) in [7, 11) is 0. The summed E-state index contributed by atoms with van der Waals surface area (Å²) >= 11 is 1.38. The van der Waals surface area contributed by atoms with E-state index in [4.69, 9.17) is 9.72 Å². The number of nitrogens with one attached hydrogen (secondary N) is 2. The molecule has 2 aliphatic heterocycles. The highest BCUT2D eigenvalue weighted by atomic mass is 32.2. The topological polar surface area (TPSA) is 79.4 Å². The van der Waals surface area contributed by atoms with Crippen molar-refractivity contribution in [1.29, 1.82) is 0 Å². The van der Waals surface area contributed by atoms with E-state index in [0.29, 0.717) is 37.0 Å². The Morgan fingerprint density at radius 1 is 1.05 bits per heavy atom. The molecule has 1 saturated heterocycles. The average molecular weight is 522 g/mol. The van der Waals surface area contributed by atoms with Crippen LogP contribution in [0.2, 0.25) is 0 Å². The van der Waals surface area contributed by atoms with E-state index < -0.39 is 0 Å². The van der Waals surface area contributed by atoms with Crippen molar-refractivity contribution in [3.05, 3.63) is 65.2 Å². The van der Waals surface area contributed by atoms with Gasteiger partial charge in [0.1, 0.15) is 6.10 Å². The Kier molecular flexibility index (Phi) is 10.8. The molecular formula is C29H39N5O2S. The highest BCUT2D eigenvalue weighted by Crippen LogP contribution is 2.31. The van der Waals surface area contributed by atoms with Gasteiger partial charge in [0, 0.05) is 41.7 Å². The zero-order chi connectivity index (χ0) is 26.8. The van der Waals surface area contributed by atoms with Gasteiger partial charge in [-0.1, -0.05) is 58.4 Å². The summed E-state index contributed by atoms with van der Waals surface area (Å²) in [5.41, 5.74) is 4.85. The van der Waals surface area contributed by atoms with Gasteiger partial charge in [0.2, 0.25) is 11.8 Å². The normalized spacial score (nSPS) is 16.5. The third kappa shape index (κ3) is 7.46. The summed E-state index contributed by atoms with van der Waals surface area (Å²) in [6, 6.07) is 15.7. The molecule has 3 aromatic rings. The first-order chi connectivity index (χ1) is 18.0. The Morgan fingerprint density at radius 3 is 2.49 bits per heavy atom. The highest BCUT2D eigenvalue weighted by Gasteiger charge is 2.25. The van der Waals surface area contributed by atoms with Crippen molar-refractivity contribution in [1.82, 2.24) is 20.2 Å². The predicted octanol–water partition coefficient (Wildman–Crippen LogP) is 6.13.